The van der Waals surface area contributed by atoms with Gasteiger partial charge in [0.05, 0.1) is 6.54 Å². The zero-order chi connectivity index (χ0) is 15.7. The first-order valence-corrected chi connectivity index (χ1v) is 7.43. The fraction of sp³-hybridized carbons (Fsp3) is 0.500. The minimum atomic E-state index is -0.0636. The van der Waals surface area contributed by atoms with E-state index >= 15 is 0 Å². The largest absolute Gasteiger partial charge is 0.370 e. The SMILES string of the molecule is CCNC(=O)c1cccc(CN=C(N)NCCC(C)C)c1.I. The molecule has 0 saturated heterocycles. The van der Waals surface area contributed by atoms with Crippen molar-refractivity contribution in [1.29, 1.82) is 0 Å². The first-order valence-electron chi connectivity index (χ1n) is 7.43. The van der Waals surface area contributed by atoms with Crippen LogP contribution in [0.15, 0.2) is 29.3 Å². The number of nitrogens with zero attached hydrogens (tertiary/aromatic N) is 1. The molecule has 0 unspecified atom stereocenters. The maximum absolute atomic E-state index is 11.8. The minimum absolute atomic E-state index is 0. The zero-order valence-electron chi connectivity index (χ0n) is 13.6. The van der Waals surface area contributed by atoms with Crippen molar-refractivity contribution in [2.75, 3.05) is 13.1 Å². The first-order chi connectivity index (χ1) is 10.0. The number of carbonyl (C=O) groups is 1. The van der Waals surface area contributed by atoms with Gasteiger partial charge in [0, 0.05) is 18.7 Å². The second kappa shape index (κ2) is 11.3. The van der Waals surface area contributed by atoms with E-state index in [0.29, 0.717) is 30.5 Å². The molecule has 124 valence electrons. The zero-order valence-corrected chi connectivity index (χ0v) is 15.9. The van der Waals surface area contributed by atoms with Crippen LogP contribution in [-0.4, -0.2) is 25.0 Å². The molecule has 22 heavy (non-hydrogen) atoms. The van der Waals surface area contributed by atoms with Crippen molar-refractivity contribution >= 4 is 35.8 Å². The van der Waals surface area contributed by atoms with Crippen molar-refractivity contribution in [1.82, 2.24) is 10.6 Å². The van der Waals surface area contributed by atoms with Crippen molar-refractivity contribution in [2.24, 2.45) is 16.6 Å². The summed E-state index contributed by atoms with van der Waals surface area (Å²) in [5, 5.41) is 5.87. The Balaban J connectivity index is 0.00000441. The molecule has 5 nitrogen and oxygen atoms in total. The van der Waals surface area contributed by atoms with Gasteiger partial charge in [0.2, 0.25) is 0 Å². The van der Waals surface area contributed by atoms with Crippen LogP contribution in [0, 0.1) is 5.92 Å². The number of guanidine groups is 1. The van der Waals surface area contributed by atoms with Crippen LogP contribution >= 0.6 is 24.0 Å². The van der Waals surface area contributed by atoms with E-state index in [4.69, 9.17) is 5.73 Å². The normalized spacial score (nSPS) is 11.0. The van der Waals surface area contributed by atoms with Crippen LogP contribution in [0.1, 0.15) is 43.1 Å². The molecule has 0 spiro atoms. The van der Waals surface area contributed by atoms with Crippen molar-refractivity contribution in [3.05, 3.63) is 35.4 Å². The number of nitrogens with two attached hydrogens (primary N) is 1. The Hall–Kier alpha value is -1.31. The molecule has 1 amide bonds. The average molecular weight is 418 g/mol. The summed E-state index contributed by atoms with van der Waals surface area (Å²) in [6.45, 7) is 8.15. The van der Waals surface area contributed by atoms with E-state index < -0.39 is 0 Å². The molecular formula is C16H27IN4O. The number of benzene rings is 1. The van der Waals surface area contributed by atoms with Gasteiger partial charge in [0.25, 0.3) is 5.91 Å². The van der Waals surface area contributed by atoms with E-state index in [-0.39, 0.29) is 29.9 Å². The molecule has 1 aromatic carbocycles. The minimum Gasteiger partial charge on any atom is -0.370 e. The maximum Gasteiger partial charge on any atom is 0.251 e. The van der Waals surface area contributed by atoms with E-state index in [1.807, 2.05) is 25.1 Å². The van der Waals surface area contributed by atoms with Crippen molar-refractivity contribution in [2.45, 2.75) is 33.7 Å². The van der Waals surface area contributed by atoms with Gasteiger partial charge in [-0.2, -0.15) is 0 Å². The average Bonchev–Trinajstić information content (AvgIpc) is 2.45. The van der Waals surface area contributed by atoms with Crippen molar-refractivity contribution in [3.63, 3.8) is 0 Å². The quantitative estimate of drug-likeness (QED) is 0.362. The number of aliphatic imine (C=N–C) groups is 1. The summed E-state index contributed by atoms with van der Waals surface area (Å²) >= 11 is 0. The molecule has 0 aliphatic heterocycles. The number of hydrogen-bond donors (Lipinski definition) is 3. The fourth-order valence-corrected chi connectivity index (χ4v) is 1.79. The van der Waals surface area contributed by atoms with Crippen LogP contribution in [0.25, 0.3) is 0 Å². The Kier molecular flexibility index (Phi) is 10.6. The van der Waals surface area contributed by atoms with E-state index in [1.54, 1.807) is 6.07 Å². The highest BCUT2D eigenvalue weighted by Crippen LogP contribution is 2.06. The molecule has 0 aliphatic rings. The predicted octanol–water partition coefficient (Wildman–Crippen LogP) is 2.50. The van der Waals surface area contributed by atoms with Gasteiger partial charge >= 0.3 is 0 Å². The highest BCUT2D eigenvalue weighted by atomic mass is 127. The number of rotatable bonds is 7. The predicted molar refractivity (Wildman–Crippen MR) is 103 cm³/mol. The lowest BCUT2D eigenvalue weighted by molar-refractivity contribution is 0.0955. The molecule has 1 aromatic rings. The Morgan fingerprint density at radius 2 is 2.05 bits per heavy atom. The van der Waals surface area contributed by atoms with E-state index in [1.165, 1.54) is 0 Å². The van der Waals surface area contributed by atoms with Gasteiger partial charge in [-0.15, -0.1) is 24.0 Å². The lowest BCUT2D eigenvalue weighted by atomic mass is 10.1. The van der Waals surface area contributed by atoms with Crippen LogP contribution in [0.4, 0.5) is 0 Å². The third-order valence-corrected chi connectivity index (χ3v) is 2.99. The first kappa shape index (κ1) is 20.7. The molecule has 0 bridgehead atoms. The Labute approximate surface area is 150 Å². The molecule has 1 rings (SSSR count). The second-order valence-corrected chi connectivity index (χ2v) is 5.37. The molecule has 0 aromatic heterocycles. The summed E-state index contributed by atoms with van der Waals surface area (Å²) in [7, 11) is 0. The number of hydrogen-bond acceptors (Lipinski definition) is 2. The molecule has 0 radical (unpaired) electrons. The number of halogens is 1. The van der Waals surface area contributed by atoms with Gasteiger partial charge < -0.3 is 16.4 Å². The summed E-state index contributed by atoms with van der Waals surface area (Å²) in [4.78, 5) is 16.0. The summed E-state index contributed by atoms with van der Waals surface area (Å²) in [5.41, 5.74) is 7.43. The Morgan fingerprint density at radius 1 is 1.32 bits per heavy atom. The molecular weight excluding hydrogens is 391 g/mol. The standard InChI is InChI=1S/C16H26N4O.HI/c1-4-18-15(21)14-7-5-6-13(10-14)11-20-16(17)19-9-8-12(2)3;/h5-7,10,12H,4,8-9,11H2,1-3H3,(H,18,21)(H3,17,19,20);1H. The molecule has 0 heterocycles. The van der Waals surface area contributed by atoms with Crippen LogP contribution in [0.2, 0.25) is 0 Å². The van der Waals surface area contributed by atoms with Crippen LogP contribution in [-0.2, 0) is 6.54 Å². The second-order valence-electron chi connectivity index (χ2n) is 5.37. The summed E-state index contributed by atoms with van der Waals surface area (Å²) in [6, 6.07) is 7.43. The van der Waals surface area contributed by atoms with Crippen LogP contribution < -0.4 is 16.4 Å². The summed E-state index contributed by atoms with van der Waals surface area (Å²) < 4.78 is 0. The van der Waals surface area contributed by atoms with Gasteiger partial charge in [-0.25, -0.2) is 4.99 Å². The van der Waals surface area contributed by atoms with Gasteiger partial charge in [0.1, 0.15) is 0 Å². The van der Waals surface area contributed by atoms with Gasteiger partial charge in [-0.3, -0.25) is 4.79 Å². The van der Waals surface area contributed by atoms with E-state index in [0.717, 1.165) is 18.5 Å². The number of amides is 1. The lowest BCUT2D eigenvalue weighted by Gasteiger charge is -2.08. The maximum atomic E-state index is 11.8. The molecule has 0 fully saturated rings. The van der Waals surface area contributed by atoms with Crippen molar-refractivity contribution in [3.8, 4) is 0 Å². The van der Waals surface area contributed by atoms with Crippen LogP contribution in [0.5, 0.6) is 0 Å². The smallest absolute Gasteiger partial charge is 0.251 e. The van der Waals surface area contributed by atoms with Gasteiger partial charge in [-0.1, -0.05) is 26.0 Å². The van der Waals surface area contributed by atoms with E-state index in [9.17, 15) is 4.79 Å². The van der Waals surface area contributed by atoms with E-state index in [2.05, 4.69) is 29.5 Å². The Morgan fingerprint density at radius 3 is 2.68 bits per heavy atom. The highest BCUT2D eigenvalue weighted by Gasteiger charge is 2.04. The fourth-order valence-electron chi connectivity index (χ4n) is 1.79. The molecule has 0 saturated carbocycles. The van der Waals surface area contributed by atoms with Crippen molar-refractivity contribution < 1.29 is 4.79 Å². The van der Waals surface area contributed by atoms with Crippen LogP contribution in [0.3, 0.4) is 0 Å². The number of nitrogens with one attached hydrogen (secondary N) is 2. The van der Waals surface area contributed by atoms with Gasteiger partial charge in [0.15, 0.2) is 5.96 Å². The Bertz CT molecular complexity index is 489. The molecule has 0 atom stereocenters. The highest BCUT2D eigenvalue weighted by molar-refractivity contribution is 14.0. The van der Waals surface area contributed by atoms with Gasteiger partial charge in [-0.05, 0) is 37.0 Å². The monoisotopic (exact) mass is 418 g/mol. The third kappa shape index (κ3) is 8.21. The lowest BCUT2D eigenvalue weighted by Crippen LogP contribution is -2.32. The number of carbonyl (C=O) groups excluding carboxylic acids is 1. The molecule has 6 heteroatoms. The summed E-state index contributed by atoms with van der Waals surface area (Å²) in [5.74, 6) is 1.02. The molecule has 4 N–H and O–H groups in total. The molecule has 0 aliphatic carbocycles. The third-order valence-electron chi connectivity index (χ3n) is 2.99. The summed E-state index contributed by atoms with van der Waals surface area (Å²) in [6.07, 6.45) is 1.06. The topological polar surface area (TPSA) is 79.5 Å².